The Kier molecular flexibility index (Phi) is 5.10. The second-order valence-corrected chi connectivity index (χ2v) is 9.54. The lowest BCUT2D eigenvalue weighted by Crippen LogP contribution is -2.31. The quantitative estimate of drug-likeness (QED) is 0.745. The van der Waals surface area contributed by atoms with Gasteiger partial charge < -0.3 is 4.74 Å². The first-order chi connectivity index (χ1) is 12.9. The lowest BCUT2D eigenvalue weighted by atomic mass is 9.89. The predicted octanol–water partition coefficient (Wildman–Crippen LogP) is 4.01. The summed E-state index contributed by atoms with van der Waals surface area (Å²) in [6, 6.07) is 0. The van der Waals surface area contributed by atoms with Crippen LogP contribution in [0.4, 0.5) is 0 Å². The minimum Gasteiger partial charge on any atom is -0.461 e. The number of aromatic nitrogens is 2. The van der Waals surface area contributed by atoms with Crippen LogP contribution in [0.15, 0.2) is 4.79 Å². The van der Waals surface area contributed by atoms with Gasteiger partial charge >= 0.3 is 5.97 Å². The molecule has 2 aromatic rings. The van der Waals surface area contributed by atoms with Gasteiger partial charge in [0.1, 0.15) is 23.3 Å². The van der Waals surface area contributed by atoms with Crippen molar-refractivity contribution in [2.45, 2.75) is 78.4 Å². The molecule has 0 spiro atoms. The molecule has 1 atom stereocenters. The molecule has 6 heteroatoms. The van der Waals surface area contributed by atoms with Crippen LogP contribution in [-0.4, -0.2) is 21.6 Å². The number of hydrogen-bond donors (Lipinski definition) is 0. The van der Waals surface area contributed by atoms with Gasteiger partial charge in [-0.3, -0.25) is 14.2 Å². The molecule has 0 amide bonds. The normalized spacial score (nSPS) is 25.4. The molecule has 0 saturated heterocycles. The molecule has 5 nitrogen and oxygen atoms in total. The highest BCUT2D eigenvalue weighted by Crippen LogP contribution is 2.35. The van der Waals surface area contributed by atoms with Gasteiger partial charge in [0.05, 0.1) is 5.39 Å². The summed E-state index contributed by atoms with van der Waals surface area (Å²) < 4.78 is 7.15. The average molecular weight is 389 g/mol. The lowest BCUT2D eigenvalue weighted by Gasteiger charge is -2.26. The molecule has 0 N–H and O–H groups in total. The molecule has 2 aromatic heterocycles. The third-order valence-corrected chi connectivity index (χ3v) is 7.30. The van der Waals surface area contributed by atoms with Crippen molar-refractivity contribution < 1.29 is 9.53 Å². The Balaban J connectivity index is 1.58. The Labute approximate surface area is 163 Å². The maximum atomic E-state index is 13.2. The zero-order valence-corrected chi connectivity index (χ0v) is 17.2. The minimum absolute atomic E-state index is 0.00297. The van der Waals surface area contributed by atoms with E-state index in [1.807, 2.05) is 0 Å². The first kappa shape index (κ1) is 18.7. The summed E-state index contributed by atoms with van der Waals surface area (Å²) in [5.41, 5.74) is 1.08. The topological polar surface area (TPSA) is 61.2 Å². The summed E-state index contributed by atoms with van der Waals surface area (Å²) in [5.74, 6) is 1.64. The van der Waals surface area contributed by atoms with Crippen LogP contribution in [0.1, 0.15) is 62.2 Å². The zero-order valence-electron chi connectivity index (χ0n) is 16.4. The molecule has 1 unspecified atom stereocenters. The summed E-state index contributed by atoms with van der Waals surface area (Å²) in [4.78, 5) is 32.4. The van der Waals surface area contributed by atoms with Gasteiger partial charge in [0.2, 0.25) is 0 Å². The number of carbonyl (C=O) groups excluding carboxylic acids is 1. The number of hydrogen-bond acceptors (Lipinski definition) is 5. The van der Waals surface area contributed by atoms with Gasteiger partial charge in [-0.15, -0.1) is 11.3 Å². The molecule has 4 rings (SSSR count). The summed E-state index contributed by atoms with van der Waals surface area (Å²) in [6.45, 7) is 6.26. The van der Waals surface area contributed by atoms with Crippen molar-refractivity contribution in [3.8, 4) is 0 Å². The van der Waals surface area contributed by atoms with Crippen LogP contribution in [-0.2, 0) is 28.9 Å². The van der Waals surface area contributed by atoms with Crippen LogP contribution in [0.3, 0.4) is 0 Å². The highest BCUT2D eigenvalue weighted by atomic mass is 32.1. The smallest absolute Gasteiger partial charge is 0.326 e. The highest BCUT2D eigenvalue weighted by Gasteiger charge is 2.26. The molecular weight excluding hydrogens is 360 g/mol. The number of rotatable bonds is 3. The Morgan fingerprint density at radius 3 is 2.67 bits per heavy atom. The van der Waals surface area contributed by atoms with Crippen LogP contribution in [0, 0.1) is 18.8 Å². The van der Waals surface area contributed by atoms with Crippen LogP contribution < -0.4 is 5.56 Å². The number of carbonyl (C=O) groups is 1. The number of esters is 1. The van der Waals surface area contributed by atoms with Gasteiger partial charge in [0, 0.05) is 4.88 Å². The van der Waals surface area contributed by atoms with Crippen LogP contribution in [0.5, 0.6) is 0 Å². The van der Waals surface area contributed by atoms with E-state index in [1.54, 1.807) is 18.3 Å². The number of ether oxygens (including phenoxy) is 1. The molecule has 1 fully saturated rings. The van der Waals surface area contributed by atoms with E-state index in [2.05, 4.69) is 18.8 Å². The monoisotopic (exact) mass is 388 g/mol. The fourth-order valence-electron chi connectivity index (χ4n) is 4.41. The Bertz CT molecular complexity index is 922. The largest absolute Gasteiger partial charge is 0.461 e. The van der Waals surface area contributed by atoms with Gasteiger partial charge in [-0.1, -0.05) is 13.8 Å². The van der Waals surface area contributed by atoms with Crippen LogP contribution in [0.2, 0.25) is 0 Å². The molecule has 2 heterocycles. The zero-order chi connectivity index (χ0) is 19.1. The maximum absolute atomic E-state index is 13.2. The third kappa shape index (κ3) is 3.68. The van der Waals surface area contributed by atoms with E-state index in [0.717, 1.165) is 60.7 Å². The van der Waals surface area contributed by atoms with E-state index in [4.69, 9.17) is 4.74 Å². The molecule has 2 aliphatic rings. The molecule has 2 aliphatic carbocycles. The van der Waals surface area contributed by atoms with Gasteiger partial charge in [-0.2, -0.15) is 0 Å². The molecule has 0 bridgehead atoms. The summed E-state index contributed by atoms with van der Waals surface area (Å²) >= 11 is 1.65. The van der Waals surface area contributed by atoms with Gasteiger partial charge in [-0.05, 0) is 69.3 Å². The molecule has 0 radical (unpaired) electrons. The van der Waals surface area contributed by atoms with E-state index < -0.39 is 0 Å². The Morgan fingerprint density at radius 1 is 1.19 bits per heavy atom. The van der Waals surface area contributed by atoms with Gasteiger partial charge in [0.25, 0.3) is 5.56 Å². The van der Waals surface area contributed by atoms with Crippen molar-refractivity contribution in [2.75, 3.05) is 0 Å². The fraction of sp³-hybridized carbons (Fsp3) is 0.667. The number of thiophene rings is 1. The van der Waals surface area contributed by atoms with E-state index in [1.165, 1.54) is 9.44 Å². The van der Waals surface area contributed by atoms with Crippen molar-refractivity contribution in [3.63, 3.8) is 0 Å². The second-order valence-electron chi connectivity index (χ2n) is 8.45. The highest BCUT2D eigenvalue weighted by molar-refractivity contribution is 7.18. The number of nitrogens with zero attached hydrogens (tertiary/aromatic N) is 2. The second kappa shape index (κ2) is 7.38. The van der Waals surface area contributed by atoms with Crippen molar-refractivity contribution in [1.82, 2.24) is 9.55 Å². The fourth-order valence-corrected chi connectivity index (χ4v) is 5.83. The lowest BCUT2D eigenvalue weighted by molar-refractivity contribution is -0.151. The van der Waals surface area contributed by atoms with Crippen LogP contribution >= 0.6 is 11.3 Å². The van der Waals surface area contributed by atoms with Crippen molar-refractivity contribution in [2.24, 2.45) is 11.8 Å². The van der Waals surface area contributed by atoms with Crippen molar-refractivity contribution in [1.29, 1.82) is 0 Å². The number of aryl methyl sites for hydroxylation is 2. The van der Waals surface area contributed by atoms with Gasteiger partial charge in [0.15, 0.2) is 0 Å². The maximum Gasteiger partial charge on any atom is 0.326 e. The van der Waals surface area contributed by atoms with Crippen molar-refractivity contribution >= 4 is 27.5 Å². The summed E-state index contributed by atoms with van der Waals surface area (Å²) in [7, 11) is 0. The van der Waals surface area contributed by atoms with Crippen molar-refractivity contribution in [3.05, 3.63) is 26.6 Å². The third-order valence-electron chi connectivity index (χ3n) is 6.15. The Morgan fingerprint density at radius 2 is 1.93 bits per heavy atom. The molecule has 0 aliphatic heterocycles. The predicted molar refractivity (Wildman–Crippen MR) is 107 cm³/mol. The van der Waals surface area contributed by atoms with E-state index in [9.17, 15) is 9.59 Å². The standard InChI is InChI=1S/C21H28N2O3S/c1-12-4-7-15(8-5-12)26-18(24)11-23-14(3)22-20-19(21(23)25)16-9-6-13(2)10-17(16)27-20/h12-13,15H,4-11H2,1-3H3. The van der Waals surface area contributed by atoms with E-state index in [0.29, 0.717) is 17.7 Å². The molecule has 27 heavy (non-hydrogen) atoms. The number of fused-ring (bicyclic) bond motifs is 3. The molecular formula is C21H28N2O3S. The molecule has 1 saturated carbocycles. The van der Waals surface area contributed by atoms with E-state index >= 15 is 0 Å². The minimum atomic E-state index is -0.321. The molecule has 0 aromatic carbocycles. The average Bonchev–Trinajstić information content (AvgIpc) is 2.97. The molecule has 146 valence electrons. The first-order valence-corrected chi connectivity index (χ1v) is 10.9. The van der Waals surface area contributed by atoms with Gasteiger partial charge in [-0.25, -0.2) is 4.98 Å². The van der Waals surface area contributed by atoms with Crippen LogP contribution in [0.25, 0.3) is 10.2 Å². The summed E-state index contributed by atoms with van der Waals surface area (Å²) in [6.07, 6.45) is 7.11. The summed E-state index contributed by atoms with van der Waals surface area (Å²) in [5, 5.41) is 0.729. The SMILES string of the molecule is Cc1nc2sc3c(c2c(=O)n1CC(=O)OC1CCC(C)CC1)CCC(C)C3. The van der Waals surface area contributed by atoms with E-state index in [-0.39, 0.29) is 24.2 Å². The first-order valence-electron chi connectivity index (χ1n) is 10.1. The Hall–Kier alpha value is -1.69.